The number of nitrogens with zero attached hydrogens (tertiary/aromatic N) is 1. The smallest absolute Gasteiger partial charge is 0.410 e. The molecule has 29 heavy (non-hydrogen) atoms. The minimum Gasteiger partial charge on any atom is -0.493 e. The standard InChI is InChI=1S/C18H24ClNO4.C5H12/c1-12(21)16-8-13(10-20(16)17(22)24-18(2,3)4)11-23-15-7-5-6-14(19)9-15;1-5(2,3)4/h5-7,9,13,16H,8,10-11H2,1-4H3;1-4H3. The topological polar surface area (TPSA) is 55.8 Å². The Morgan fingerprint density at radius 2 is 1.72 bits per heavy atom. The summed E-state index contributed by atoms with van der Waals surface area (Å²) in [6.45, 7) is 16.5. The van der Waals surface area contributed by atoms with Gasteiger partial charge in [0.2, 0.25) is 0 Å². The molecule has 0 saturated carbocycles. The number of carbonyl (C=O) groups is 2. The van der Waals surface area contributed by atoms with Gasteiger partial charge in [-0.25, -0.2) is 4.79 Å². The van der Waals surface area contributed by atoms with Crippen LogP contribution in [0.2, 0.25) is 5.02 Å². The Hall–Kier alpha value is -1.75. The van der Waals surface area contributed by atoms with Crippen LogP contribution in [0.4, 0.5) is 4.79 Å². The molecular formula is C23H36ClNO4. The molecule has 1 amide bonds. The predicted octanol–water partition coefficient (Wildman–Crippen LogP) is 5.99. The van der Waals surface area contributed by atoms with E-state index < -0.39 is 17.7 Å². The van der Waals surface area contributed by atoms with Gasteiger partial charge in [0.1, 0.15) is 11.4 Å². The van der Waals surface area contributed by atoms with Crippen LogP contribution in [0.3, 0.4) is 0 Å². The highest BCUT2D eigenvalue weighted by atomic mass is 35.5. The van der Waals surface area contributed by atoms with Crippen molar-refractivity contribution in [1.29, 1.82) is 0 Å². The van der Waals surface area contributed by atoms with Gasteiger partial charge in [0.25, 0.3) is 0 Å². The van der Waals surface area contributed by atoms with Crippen molar-refractivity contribution >= 4 is 23.5 Å². The van der Waals surface area contributed by atoms with Gasteiger partial charge in [0.05, 0.1) is 12.6 Å². The molecule has 1 saturated heterocycles. The van der Waals surface area contributed by atoms with E-state index in [9.17, 15) is 9.59 Å². The van der Waals surface area contributed by atoms with Gasteiger partial charge in [-0.05, 0) is 57.7 Å². The Labute approximate surface area is 180 Å². The molecular weight excluding hydrogens is 390 g/mol. The maximum atomic E-state index is 12.3. The van der Waals surface area contributed by atoms with Gasteiger partial charge in [0.15, 0.2) is 5.78 Å². The number of benzene rings is 1. The summed E-state index contributed by atoms with van der Waals surface area (Å²) in [5.41, 5.74) is -0.0895. The van der Waals surface area contributed by atoms with E-state index in [0.717, 1.165) is 0 Å². The highest BCUT2D eigenvalue weighted by Gasteiger charge is 2.40. The minimum atomic E-state index is -0.589. The Morgan fingerprint density at radius 3 is 2.21 bits per heavy atom. The number of Topliss-reactive ketones (excluding diaryl/α,β-unsaturated/α-hetero) is 1. The third-order valence-corrected chi connectivity index (χ3v) is 4.00. The number of likely N-dealkylation sites (tertiary alicyclic amines) is 1. The number of ketones is 1. The quantitative estimate of drug-likeness (QED) is 0.594. The summed E-state index contributed by atoms with van der Waals surface area (Å²) in [5.74, 6) is 0.717. The van der Waals surface area contributed by atoms with E-state index in [1.54, 1.807) is 12.1 Å². The lowest BCUT2D eigenvalue weighted by atomic mass is 10.0. The van der Waals surface area contributed by atoms with Crippen LogP contribution in [0.1, 0.15) is 61.8 Å². The second-order valence-corrected chi connectivity index (χ2v) is 10.6. The van der Waals surface area contributed by atoms with E-state index in [4.69, 9.17) is 21.1 Å². The summed E-state index contributed by atoms with van der Waals surface area (Å²) < 4.78 is 11.2. The van der Waals surface area contributed by atoms with Gasteiger partial charge in [-0.15, -0.1) is 0 Å². The average molecular weight is 426 g/mol. The SMILES string of the molecule is CC(=O)C1CC(COc2cccc(Cl)c2)CN1C(=O)OC(C)(C)C.CC(C)(C)C. The fourth-order valence-corrected chi connectivity index (χ4v) is 2.90. The van der Waals surface area contributed by atoms with Crippen LogP contribution in [0, 0.1) is 11.3 Å². The number of carbonyl (C=O) groups excluding carboxylic acids is 2. The molecule has 0 bridgehead atoms. The second kappa shape index (κ2) is 10.3. The lowest BCUT2D eigenvalue weighted by Crippen LogP contribution is -2.42. The summed E-state index contributed by atoms with van der Waals surface area (Å²) >= 11 is 5.94. The molecule has 0 N–H and O–H groups in total. The Balaban J connectivity index is 0.000000749. The van der Waals surface area contributed by atoms with Crippen molar-refractivity contribution < 1.29 is 19.1 Å². The molecule has 1 fully saturated rings. The summed E-state index contributed by atoms with van der Waals surface area (Å²) in [6, 6.07) is 6.71. The van der Waals surface area contributed by atoms with Gasteiger partial charge >= 0.3 is 6.09 Å². The van der Waals surface area contributed by atoms with Gasteiger partial charge < -0.3 is 9.47 Å². The Kier molecular flexibility index (Phi) is 9.01. The molecule has 2 unspecified atom stereocenters. The monoisotopic (exact) mass is 425 g/mol. The Bertz CT molecular complexity index is 685. The molecule has 2 rings (SSSR count). The van der Waals surface area contributed by atoms with Crippen LogP contribution >= 0.6 is 11.6 Å². The summed E-state index contributed by atoms with van der Waals surface area (Å²) in [5, 5.41) is 0.607. The molecule has 0 aromatic heterocycles. The van der Waals surface area contributed by atoms with Crippen molar-refractivity contribution in [2.45, 2.75) is 73.5 Å². The third kappa shape index (κ3) is 10.6. The van der Waals surface area contributed by atoms with Crippen LogP contribution in [0.15, 0.2) is 24.3 Å². The van der Waals surface area contributed by atoms with Crippen LogP contribution < -0.4 is 4.74 Å². The molecule has 6 heteroatoms. The van der Waals surface area contributed by atoms with Crippen molar-refractivity contribution in [1.82, 2.24) is 4.90 Å². The normalized spacial score (nSPS) is 19.3. The van der Waals surface area contributed by atoms with Gasteiger partial charge in [-0.3, -0.25) is 9.69 Å². The number of hydrogen-bond donors (Lipinski definition) is 0. The van der Waals surface area contributed by atoms with Crippen LogP contribution in [0.5, 0.6) is 5.75 Å². The maximum absolute atomic E-state index is 12.3. The zero-order chi connectivity index (χ0) is 22.4. The van der Waals surface area contributed by atoms with E-state index in [-0.39, 0.29) is 11.7 Å². The van der Waals surface area contributed by atoms with Crippen molar-refractivity contribution in [2.75, 3.05) is 13.2 Å². The molecule has 1 aromatic rings. The number of hydrogen-bond acceptors (Lipinski definition) is 4. The Morgan fingerprint density at radius 1 is 1.14 bits per heavy atom. The van der Waals surface area contributed by atoms with Crippen LogP contribution in [0.25, 0.3) is 0 Å². The fraction of sp³-hybridized carbons (Fsp3) is 0.652. The predicted molar refractivity (Wildman–Crippen MR) is 118 cm³/mol. The van der Waals surface area contributed by atoms with Crippen molar-refractivity contribution in [3.8, 4) is 5.75 Å². The first-order valence-electron chi connectivity index (χ1n) is 10.0. The number of ether oxygens (including phenoxy) is 2. The molecule has 164 valence electrons. The summed E-state index contributed by atoms with van der Waals surface area (Å²) in [4.78, 5) is 25.7. The minimum absolute atomic E-state index is 0.0360. The van der Waals surface area contributed by atoms with Crippen molar-refractivity contribution in [3.05, 3.63) is 29.3 Å². The number of rotatable bonds is 4. The van der Waals surface area contributed by atoms with Gasteiger partial charge in [-0.2, -0.15) is 0 Å². The van der Waals surface area contributed by atoms with Crippen molar-refractivity contribution in [2.24, 2.45) is 11.3 Å². The molecule has 0 aliphatic carbocycles. The first kappa shape index (κ1) is 25.3. The molecule has 2 atom stereocenters. The number of amides is 1. The van der Waals surface area contributed by atoms with E-state index in [2.05, 4.69) is 27.7 Å². The van der Waals surface area contributed by atoms with E-state index in [1.807, 2.05) is 32.9 Å². The van der Waals surface area contributed by atoms with Crippen molar-refractivity contribution in [3.63, 3.8) is 0 Å². The van der Waals surface area contributed by atoms with E-state index in [0.29, 0.717) is 35.8 Å². The lowest BCUT2D eigenvalue weighted by Gasteiger charge is -2.27. The van der Waals surface area contributed by atoms with E-state index in [1.165, 1.54) is 11.8 Å². The maximum Gasteiger partial charge on any atom is 0.410 e. The van der Waals surface area contributed by atoms with E-state index >= 15 is 0 Å². The molecule has 1 aromatic carbocycles. The number of halogens is 1. The first-order valence-corrected chi connectivity index (χ1v) is 10.4. The molecule has 1 heterocycles. The van der Waals surface area contributed by atoms with Gasteiger partial charge in [-0.1, -0.05) is 45.4 Å². The zero-order valence-corrected chi connectivity index (χ0v) is 19.8. The average Bonchev–Trinajstić information content (AvgIpc) is 2.94. The highest BCUT2D eigenvalue weighted by molar-refractivity contribution is 6.30. The summed E-state index contributed by atoms with van der Waals surface area (Å²) in [7, 11) is 0. The van der Waals surface area contributed by atoms with Crippen LogP contribution in [-0.2, 0) is 9.53 Å². The largest absolute Gasteiger partial charge is 0.493 e. The molecule has 1 aliphatic heterocycles. The molecule has 1 aliphatic rings. The summed E-state index contributed by atoms with van der Waals surface area (Å²) in [6.07, 6.45) is 0.128. The zero-order valence-electron chi connectivity index (χ0n) is 19.0. The molecule has 0 spiro atoms. The molecule has 5 nitrogen and oxygen atoms in total. The highest BCUT2D eigenvalue weighted by Crippen LogP contribution is 2.27. The third-order valence-electron chi connectivity index (χ3n) is 3.77. The fourth-order valence-electron chi connectivity index (χ4n) is 2.72. The molecule has 0 radical (unpaired) electrons. The lowest BCUT2D eigenvalue weighted by molar-refractivity contribution is -0.121. The van der Waals surface area contributed by atoms with Crippen LogP contribution in [-0.4, -0.2) is 41.6 Å². The first-order chi connectivity index (χ1) is 13.2. The second-order valence-electron chi connectivity index (χ2n) is 10.1. The van der Waals surface area contributed by atoms with Gasteiger partial charge in [0, 0.05) is 17.5 Å².